The third-order valence-corrected chi connectivity index (χ3v) is 6.13. The second-order valence-corrected chi connectivity index (χ2v) is 7.29. The van der Waals surface area contributed by atoms with E-state index < -0.39 is 11.6 Å². The Morgan fingerprint density at radius 2 is 1.89 bits per heavy atom. The van der Waals surface area contributed by atoms with Crippen molar-refractivity contribution in [3.63, 3.8) is 0 Å². The zero-order chi connectivity index (χ0) is 13.3. The van der Waals surface area contributed by atoms with Crippen molar-refractivity contribution in [2.75, 3.05) is 0 Å². The standard InChI is InChI=1S/C12H7Br2ClF2S/c13-7(11-5-8(14)12(15)18-11)4-6-9(16)2-1-3-10(6)17/h1-3,5,7H,4H2. The summed E-state index contributed by atoms with van der Waals surface area (Å²) in [5.74, 6) is -1.05. The van der Waals surface area contributed by atoms with Crippen molar-refractivity contribution < 1.29 is 8.78 Å². The van der Waals surface area contributed by atoms with Crippen molar-refractivity contribution in [1.82, 2.24) is 0 Å². The minimum atomic E-state index is -0.527. The van der Waals surface area contributed by atoms with Crippen molar-refractivity contribution in [2.45, 2.75) is 11.2 Å². The maximum atomic E-state index is 13.5. The van der Waals surface area contributed by atoms with Crippen molar-refractivity contribution in [3.05, 3.63) is 55.1 Å². The van der Waals surface area contributed by atoms with Crippen LogP contribution < -0.4 is 0 Å². The zero-order valence-electron chi connectivity index (χ0n) is 8.89. The largest absolute Gasteiger partial charge is 0.207 e. The minimum Gasteiger partial charge on any atom is -0.207 e. The van der Waals surface area contributed by atoms with Gasteiger partial charge >= 0.3 is 0 Å². The summed E-state index contributed by atoms with van der Waals surface area (Å²) in [6, 6.07) is 5.73. The van der Waals surface area contributed by atoms with E-state index in [1.807, 2.05) is 6.07 Å². The quantitative estimate of drug-likeness (QED) is 0.529. The van der Waals surface area contributed by atoms with Crippen molar-refractivity contribution in [3.8, 4) is 0 Å². The Morgan fingerprint density at radius 1 is 1.28 bits per heavy atom. The molecule has 0 N–H and O–H groups in total. The van der Waals surface area contributed by atoms with E-state index in [0.29, 0.717) is 4.34 Å². The third kappa shape index (κ3) is 3.13. The van der Waals surface area contributed by atoms with Gasteiger partial charge in [0.05, 0.1) is 4.83 Å². The van der Waals surface area contributed by atoms with Crippen molar-refractivity contribution in [2.24, 2.45) is 0 Å². The first-order chi connectivity index (χ1) is 8.49. The van der Waals surface area contributed by atoms with Crippen LogP contribution in [0.25, 0.3) is 0 Å². The maximum absolute atomic E-state index is 13.5. The van der Waals surface area contributed by atoms with Gasteiger partial charge in [0.25, 0.3) is 0 Å². The minimum absolute atomic E-state index is 0.0834. The average Bonchev–Trinajstić information content (AvgIpc) is 2.64. The Hall–Kier alpha value is 0.0300. The molecular formula is C12H7Br2ClF2S. The fourth-order valence-electron chi connectivity index (χ4n) is 1.52. The number of hydrogen-bond acceptors (Lipinski definition) is 1. The molecule has 1 heterocycles. The molecule has 1 unspecified atom stereocenters. The molecule has 0 aliphatic rings. The van der Waals surface area contributed by atoms with Gasteiger partial charge in [0.15, 0.2) is 0 Å². The van der Waals surface area contributed by atoms with Crippen molar-refractivity contribution in [1.29, 1.82) is 0 Å². The van der Waals surface area contributed by atoms with Gasteiger partial charge in [-0.25, -0.2) is 8.78 Å². The molecule has 0 fully saturated rings. The lowest BCUT2D eigenvalue weighted by molar-refractivity contribution is 0.554. The van der Waals surface area contributed by atoms with Crippen LogP contribution in [0.2, 0.25) is 4.34 Å². The van der Waals surface area contributed by atoms with Crippen LogP contribution in [0.1, 0.15) is 15.3 Å². The van der Waals surface area contributed by atoms with Gasteiger partial charge in [-0.1, -0.05) is 33.6 Å². The molecule has 1 aromatic carbocycles. The summed E-state index contributed by atoms with van der Waals surface area (Å²) < 4.78 is 28.5. The van der Waals surface area contributed by atoms with Gasteiger partial charge in [-0.05, 0) is 40.5 Å². The van der Waals surface area contributed by atoms with Crippen LogP contribution in [-0.2, 0) is 6.42 Å². The predicted octanol–water partition coefficient (Wildman–Crippen LogP) is 6.12. The van der Waals surface area contributed by atoms with E-state index in [4.69, 9.17) is 11.6 Å². The van der Waals surface area contributed by atoms with Gasteiger partial charge in [-0.3, -0.25) is 0 Å². The summed E-state index contributed by atoms with van der Waals surface area (Å²) in [7, 11) is 0. The highest BCUT2D eigenvalue weighted by atomic mass is 79.9. The first-order valence-corrected chi connectivity index (χ1v) is 7.91. The van der Waals surface area contributed by atoms with Crippen LogP contribution >= 0.6 is 54.8 Å². The molecule has 6 heteroatoms. The Balaban J connectivity index is 2.23. The Kier molecular flexibility index (Phi) is 4.80. The van der Waals surface area contributed by atoms with E-state index in [1.165, 1.54) is 29.5 Å². The second-order valence-electron chi connectivity index (χ2n) is 3.64. The Morgan fingerprint density at radius 3 is 2.39 bits per heavy atom. The van der Waals surface area contributed by atoms with Crippen LogP contribution in [0.3, 0.4) is 0 Å². The number of hydrogen-bond donors (Lipinski definition) is 0. The molecule has 0 bridgehead atoms. The molecular weight excluding hydrogens is 409 g/mol. The number of halogens is 5. The van der Waals surface area contributed by atoms with E-state index in [2.05, 4.69) is 31.9 Å². The van der Waals surface area contributed by atoms with Gasteiger partial charge in [0.2, 0.25) is 0 Å². The van der Waals surface area contributed by atoms with Gasteiger partial charge in [-0.15, -0.1) is 11.3 Å². The number of benzene rings is 1. The molecule has 0 amide bonds. The number of rotatable bonds is 3. The van der Waals surface area contributed by atoms with Gasteiger partial charge < -0.3 is 0 Å². The van der Waals surface area contributed by atoms with Gasteiger partial charge in [0, 0.05) is 14.9 Å². The molecule has 1 aromatic heterocycles. The van der Waals surface area contributed by atoms with E-state index in [1.54, 1.807) is 0 Å². The Bertz CT molecular complexity index is 531. The van der Waals surface area contributed by atoms with E-state index in [-0.39, 0.29) is 16.8 Å². The predicted molar refractivity (Wildman–Crippen MR) is 78.8 cm³/mol. The van der Waals surface area contributed by atoms with Gasteiger partial charge in [-0.2, -0.15) is 0 Å². The number of thiophene rings is 1. The molecule has 2 rings (SSSR count). The maximum Gasteiger partial charge on any atom is 0.129 e. The lowest BCUT2D eigenvalue weighted by atomic mass is 10.1. The normalized spacial score (nSPS) is 12.7. The molecule has 1 atom stereocenters. The van der Waals surface area contributed by atoms with Crippen LogP contribution in [0.5, 0.6) is 0 Å². The van der Waals surface area contributed by atoms with Crippen LogP contribution in [-0.4, -0.2) is 0 Å². The highest BCUT2D eigenvalue weighted by molar-refractivity contribution is 9.10. The summed E-state index contributed by atoms with van der Waals surface area (Å²) in [5, 5.41) is 0. The van der Waals surface area contributed by atoms with Gasteiger partial charge in [0.1, 0.15) is 16.0 Å². The Labute approximate surface area is 129 Å². The highest BCUT2D eigenvalue weighted by Gasteiger charge is 2.18. The molecule has 0 aliphatic heterocycles. The molecule has 0 spiro atoms. The SMILES string of the molecule is Fc1cccc(F)c1CC(Br)c1cc(Br)c(Cl)s1. The molecule has 96 valence electrons. The smallest absolute Gasteiger partial charge is 0.129 e. The zero-order valence-corrected chi connectivity index (χ0v) is 13.6. The highest BCUT2D eigenvalue weighted by Crippen LogP contribution is 2.39. The molecule has 0 aliphatic carbocycles. The second kappa shape index (κ2) is 5.99. The van der Waals surface area contributed by atoms with E-state index >= 15 is 0 Å². The van der Waals surface area contributed by atoms with E-state index in [0.717, 1.165) is 9.35 Å². The fourth-order valence-corrected chi connectivity index (χ4v) is 3.98. The summed E-state index contributed by atoms with van der Waals surface area (Å²) in [5.41, 5.74) is 0.0834. The lowest BCUT2D eigenvalue weighted by Crippen LogP contribution is -1.99. The first kappa shape index (κ1) is 14.4. The lowest BCUT2D eigenvalue weighted by Gasteiger charge is -2.09. The van der Waals surface area contributed by atoms with Crippen molar-refractivity contribution >= 4 is 54.8 Å². The molecule has 0 saturated heterocycles. The monoisotopic (exact) mass is 414 g/mol. The topological polar surface area (TPSA) is 0 Å². The molecule has 2 aromatic rings. The molecule has 0 radical (unpaired) electrons. The van der Waals surface area contributed by atoms with Crippen LogP contribution in [0.4, 0.5) is 8.78 Å². The number of alkyl halides is 1. The molecule has 0 nitrogen and oxygen atoms in total. The summed E-state index contributed by atoms with van der Waals surface area (Å²) in [4.78, 5) is 0.757. The third-order valence-electron chi connectivity index (χ3n) is 2.42. The van der Waals surface area contributed by atoms with Crippen LogP contribution in [0.15, 0.2) is 28.7 Å². The van der Waals surface area contributed by atoms with E-state index in [9.17, 15) is 8.78 Å². The van der Waals surface area contributed by atoms with Crippen LogP contribution in [0, 0.1) is 11.6 Å². The fraction of sp³-hybridized carbons (Fsp3) is 0.167. The molecule has 18 heavy (non-hydrogen) atoms. The first-order valence-electron chi connectivity index (χ1n) is 5.00. The summed E-state index contributed by atoms with van der Waals surface area (Å²) >= 11 is 14.1. The average molecular weight is 417 g/mol. The summed E-state index contributed by atoms with van der Waals surface area (Å²) in [6.45, 7) is 0. The molecule has 0 saturated carbocycles. The summed E-state index contributed by atoms with van der Waals surface area (Å²) in [6.07, 6.45) is 0.238.